The molecule has 2 rings (SSSR count). The van der Waals surface area contributed by atoms with Gasteiger partial charge in [0.05, 0.1) is 0 Å². The van der Waals surface area contributed by atoms with Crippen molar-refractivity contribution in [2.45, 2.75) is 25.7 Å². The molecule has 1 aromatic carbocycles. The Morgan fingerprint density at radius 2 is 2.12 bits per heavy atom. The van der Waals surface area contributed by atoms with Gasteiger partial charge in [-0.15, -0.1) is 11.6 Å². The monoisotopic (exact) mass is 251 g/mol. The van der Waals surface area contributed by atoms with E-state index in [9.17, 15) is 4.79 Å². The third kappa shape index (κ3) is 3.01. The van der Waals surface area contributed by atoms with Gasteiger partial charge in [0, 0.05) is 13.6 Å². The van der Waals surface area contributed by atoms with Gasteiger partial charge in [0.25, 0.3) is 0 Å². The summed E-state index contributed by atoms with van der Waals surface area (Å²) in [5.41, 5.74) is 4.31. The average molecular weight is 252 g/mol. The van der Waals surface area contributed by atoms with Gasteiger partial charge >= 0.3 is 0 Å². The van der Waals surface area contributed by atoms with Gasteiger partial charge in [-0.05, 0) is 42.4 Å². The molecule has 0 spiro atoms. The Hall–Kier alpha value is -1.02. The van der Waals surface area contributed by atoms with E-state index in [1.54, 1.807) is 11.9 Å². The summed E-state index contributed by atoms with van der Waals surface area (Å²) in [5.74, 6) is 0.0635. The number of halogens is 1. The second-order valence-electron chi connectivity index (χ2n) is 4.66. The Labute approximate surface area is 108 Å². The van der Waals surface area contributed by atoms with Crippen molar-refractivity contribution in [3.63, 3.8) is 0 Å². The number of hydrogen-bond donors (Lipinski definition) is 0. The maximum Gasteiger partial charge on any atom is 0.237 e. The normalized spacial score (nSPS) is 13.5. The number of aryl methyl sites for hydroxylation is 2. The highest BCUT2D eigenvalue weighted by Gasteiger charge is 2.11. The Bertz CT molecular complexity index is 417. The number of amides is 1. The number of nitrogens with zero attached hydrogens (tertiary/aromatic N) is 1. The Morgan fingerprint density at radius 1 is 1.35 bits per heavy atom. The number of likely N-dealkylation sites (N-methyl/N-ethyl adjacent to an activating group) is 1. The van der Waals surface area contributed by atoms with Crippen LogP contribution in [0.5, 0.6) is 0 Å². The van der Waals surface area contributed by atoms with E-state index in [0.29, 0.717) is 0 Å². The van der Waals surface area contributed by atoms with Crippen LogP contribution in [0.25, 0.3) is 0 Å². The Morgan fingerprint density at radius 3 is 2.88 bits per heavy atom. The van der Waals surface area contributed by atoms with Crippen molar-refractivity contribution in [3.8, 4) is 0 Å². The first-order valence-electron chi connectivity index (χ1n) is 6.11. The van der Waals surface area contributed by atoms with Gasteiger partial charge in [-0.3, -0.25) is 4.79 Å². The molecule has 0 aliphatic heterocycles. The van der Waals surface area contributed by atoms with E-state index in [0.717, 1.165) is 13.0 Å². The Kier molecular flexibility index (Phi) is 4.06. The fraction of sp³-hybridized carbons (Fsp3) is 0.500. The SMILES string of the molecule is CN(CCc1ccc2c(c1)CCC2)C(=O)CCl. The topological polar surface area (TPSA) is 20.3 Å². The largest absolute Gasteiger partial charge is 0.344 e. The first kappa shape index (κ1) is 12.4. The van der Waals surface area contributed by atoms with E-state index in [-0.39, 0.29) is 11.8 Å². The minimum absolute atomic E-state index is 0.00664. The van der Waals surface area contributed by atoms with E-state index in [4.69, 9.17) is 11.6 Å². The quantitative estimate of drug-likeness (QED) is 0.753. The second kappa shape index (κ2) is 5.54. The molecular weight excluding hydrogens is 234 g/mol. The number of alkyl halides is 1. The molecule has 0 atom stereocenters. The predicted octanol–water partition coefficient (Wildman–Crippen LogP) is 2.42. The lowest BCUT2D eigenvalue weighted by atomic mass is 10.0. The summed E-state index contributed by atoms with van der Waals surface area (Å²) in [5, 5.41) is 0. The molecule has 0 saturated carbocycles. The fourth-order valence-corrected chi connectivity index (χ4v) is 2.51. The lowest BCUT2D eigenvalue weighted by molar-refractivity contribution is -0.127. The van der Waals surface area contributed by atoms with Crippen molar-refractivity contribution >= 4 is 17.5 Å². The molecule has 3 heteroatoms. The van der Waals surface area contributed by atoms with Gasteiger partial charge in [-0.25, -0.2) is 0 Å². The molecule has 1 aromatic rings. The van der Waals surface area contributed by atoms with Crippen LogP contribution in [0.2, 0.25) is 0 Å². The number of rotatable bonds is 4. The smallest absolute Gasteiger partial charge is 0.237 e. The van der Waals surface area contributed by atoms with Gasteiger partial charge in [-0.1, -0.05) is 18.2 Å². The first-order valence-corrected chi connectivity index (χ1v) is 6.65. The summed E-state index contributed by atoms with van der Waals surface area (Å²) in [4.78, 5) is 13.0. The molecule has 0 fully saturated rings. The molecule has 1 aliphatic rings. The molecule has 1 aliphatic carbocycles. The molecule has 17 heavy (non-hydrogen) atoms. The van der Waals surface area contributed by atoms with E-state index >= 15 is 0 Å². The van der Waals surface area contributed by atoms with Gasteiger partial charge < -0.3 is 4.90 Å². The van der Waals surface area contributed by atoms with E-state index in [1.165, 1.54) is 36.0 Å². The van der Waals surface area contributed by atoms with Crippen LogP contribution in [-0.2, 0) is 24.1 Å². The van der Waals surface area contributed by atoms with Crippen LogP contribution in [0, 0.1) is 0 Å². The van der Waals surface area contributed by atoms with E-state index < -0.39 is 0 Å². The second-order valence-corrected chi connectivity index (χ2v) is 4.92. The van der Waals surface area contributed by atoms with Gasteiger partial charge in [-0.2, -0.15) is 0 Å². The molecule has 2 nitrogen and oxygen atoms in total. The minimum atomic E-state index is -0.00664. The van der Waals surface area contributed by atoms with Crippen LogP contribution in [0.3, 0.4) is 0 Å². The molecule has 0 unspecified atom stereocenters. The zero-order valence-corrected chi connectivity index (χ0v) is 11.0. The highest BCUT2D eigenvalue weighted by molar-refractivity contribution is 6.27. The Balaban J connectivity index is 1.93. The van der Waals surface area contributed by atoms with Gasteiger partial charge in [0.1, 0.15) is 5.88 Å². The van der Waals surface area contributed by atoms with Crippen LogP contribution in [0.1, 0.15) is 23.1 Å². The fourth-order valence-electron chi connectivity index (χ4n) is 2.30. The molecule has 0 saturated heterocycles. The standard InChI is InChI=1S/C14H18ClNO/c1-16(14(17)10-15)8-7-11-5-6-12-3-2-4-13(12)9-11/h5-6,9H,2-4,7-8,10H2,1H3. The summed E-state index contributed by atoms with van der Waals surface area (Å²) in [7, 11) is 1.80. The van der Waals surface area contributed by atoms with Crippen molar-refractivity contribution in [2.24, 2.45) is 0 Å². The molecule has 92 valence electrons. The number of carbonyl (C=O) groups excluding carboxylic acids is 1. The molecule has 0 aromatic heterocycles. The maximum atomic E-state index is 11.3. The van der Waals surface area contributed by atoms with Crippen LogP contribution in [-0.4, -0.2) is 30.3 Å². The molecule has 0 heterocycles. The lowest BCUT2D eigenvalue weighted by Crippen LogP contribution is -2.29. The van der Waals surface area contributed by atoms with Gasteiger partial charge in [0.2, 0.25) is 5.91 Å². The van der Waals surface area contributed by atoms with Crippen molar-refractivity contribution in [1.29, 1.82) is 0 Å². The first-order chi connectivity index (χ1) is 8.20. The zero-order chi connectivity index (χ0) is 12.3. The summed E-state index contributed by atoms with van der Waals surface area (Å²) in [6, 6.07) is 6.71. The number of fused-ring (bicyclic) bond motifs is 1. The van der Waals surface area contributed by atoms with Crippen molar-refractivity contribution in [1.82, 2.24) is 4.90 Å². The van der Waals surface area contributed by atoms with Crippen LogP contribution in [0.4, 0.5) is 0 Å². The molecular formula is C14H18ClNO. The van der Waals surface area contributed by atoms with Crippen molar-refractivity contribution in [2.75, 3.05) is 19.5 Å². The molecule has 0 radical (unpaired) electrons. The minimum Gasteiger partial charge on any atom is -0.344 e. The number of hydrogen-bond acceptors (Lipinski definition) is 1. The number of carbonyl (C=O) groups is 1. The molecule has 0 bridgehead atoms. The van der Waals surface area contributed by atoms with E-state index in [1.807, 2.05) is 0 Å². The zero-order valence-electron chi connectivity index (χ0n) is 10.2. The summed E-state index contributed by atoms with van der Waals surface area (Å²) >= 11 is 5.51. The van der Waals surface area contributed by atoms with Crippen LogP contribution in [0.15, 0.2) is 18.2 Å². The molecule has 1 amide bonds. The highest BCUT2D eigenvalue weighted by atomic mass is 35.5. The third-order valence-electron chi connectivity index (χ3n) is 3.44. The van der Waals surface area contributed by atoms with Crippen LogP contribution < -0.4 is 0 Å². The highest BCUT2D eigenvalue weighted by Crippen LogP contribution is 2.22. The van der Waals surface area contributed by atoms with Crippen molar-refractivity contribution in [3.05, 3.63) is 34.9 Å². The van der Waals surface area contributed by atoms with Crippen molar-refractivity contribution < 1.29 is 4.79 Å². The lowest BCUT2D eigenvalue weighted by Gasteiger charge is -2.15. The number of benzene rings is 1. The van der Waals surface area contributed by atoms with Gasteiger partial charge in [0.15, 0.2) is 0 Å². The predicted molar refractivity (Wildman–Crippen MR) is 70.5 cm³/mol. The average Bonchev–Trinajstić information content (AvgIpc) is 2.82. The summed E-state index contributed by atoms with van der Waals surface area (Å²) < 4.78 is 0. The van der Waals surface area contributed by atoms with Crippen LogP contribution >= 0.6 is 11.6 Å². The van der Waals surface area contributed by atoms with E-state index in [2.05, 4.69) is 18.2 Å². The molecule has 0 N–H and O–H groups in total. The summed E-state index contributed by atoms with van der Waals surface area (Å²) in [6.07, 6.45) is 4.62. The maximum absolute atomic E-state index is 11.3. The summed E-state index contributed by atoms with van der Waals surface area (Å²) in [6.45, 7) is 0.740. The third-order valence-corrected chi connectivity index (χ3v) is 3.67.